The predicted octanol–water partition coefficient (Wildman–Crippen LogP) is 2.33. The van der Waals surface area contributed by atoms with E-state index >= 15 is 0 Å². The molecule has 0 fully saturated rings. The zero-order chi connectivity index (χ0) is 13.1. The van der Waals surface area contributed by atoms with E-state index < -0.39 is 0 Å². The third kappa shape index (κ3) is 2.80. The molecule has 0 aliphatic carbocycles. The first-order valence-electron chi connectivity index (χ1n) is 5.29. The van der Waals surface area contributed by atoms with Crippen LogP contribution < -0.4 is 10.2 Å². The minimum Gasteiger partial charge on any atom is -0.347 e. The maximum atomic E-state index is 11.9. The molecule has 0 atom stereocenters. The fourth-order valence-electron chi connectivity index (χ4n) is 1.52. The van der Waals surface area contributed by atoms with Crippen LogP contribution in [-0.4, -0.2) is 10.9 Å². The minimum absolute atomic E-state index is 0.226. The summed E-state index contributed by atoms with van der Waals surface area (Å²) in [6.45, 7) is 2.03. The molecule has 6 heteroatoms. The number of amides is 1. The Hall–Kier alpha value is -1.59. The number of aryl methyl sites for hydroxylation is 1. The molecule has 94 valence electrons. The number of benzene rings is 1. The average molecular weight is 283 g/mol. The Morgan fingerprint density at radius 3 is 2.78 bits per heavy atom. The molecule has 1 amide bonds. The number of hydrogen-bond donors (Lipinski definition) is 2. The van der Waals surface area contributed by atoms with Gasteiger partial charge in [-0.05, 0) is 18.6 Å². The molecule has 1 heterocycles. The zero-order valence-corrected chi connectivity index (χ0v) is 11.2. The molecule has 18 heavy (non-hydrogen) atoms. The normalized spacial score (nSPS) is 10.3. The van der Waals surface area contributed by atoms with Gasteiger partial charge in [-0.3, -0.25) is 9.59 Å². The van der Waals surface area contributed by atoms with Crippen LogP contribution in [0.4, 0.5) is 0 Å². The van der Waals surface area contributed by atoms with Crippen molar-refractivity contribution in [2.75, 3.05) is 0 Å². The number of rotatable bonds is 3. The van der Waals surface area contributed by atoms with Gasteiger partial charge < -0.3 is 10.3 Å². The summed E-state index contributed by atoms with van der Waals surface area (Å²) in [4.78, 5) is 25.7. The SMILES string of the molecule is Cc1[nH]c(=O)sc1C(=O)NCc1ccccc1Cl. The summed E-state index contributed by atoms with van der Waals surface area (Å²) in [5, 5.41) is 3.35. The standard InChI is InChI=1S/C12H11ClN2O2S/c1-7-10(18-12(17)15-7)11(16)14-6-8-4-2-3-5-9(8)13/h2-5H,6H2,1H3,(H,14,16)(H,15,17). The number of nitrogens with one attached hydrogen (secondary N) is 2. The van der Waals surface area contributed by atoms with E-state index in [1.54, 1.807) is 13.0 Å². The van der Waals surface area contributed by atoms with E-state index in [9.17, 15) is 9.59 Å². The van der Waals surface area contributed by atoms with Crippen LogP contribution in [0.2, 0.25) is 5.02 Å². The molecule has 2 rings (SSSR count). The number of halogens is 1. The van der Waals surface area contributed by atoms with Gasteiger partial charge >= 0.3 is 4.87 Å². The molecule has 0 bridgehead atoms. The van der Waals surface area contributed by atoms with Crippen molar-refractivity contribution in [2.45, 2.75) is 13.5 Å². The third-order valence-corrected chi connectivity index (χ3v) is 3.78. The second kappa shape index (κ2) is 5.37. The van der Waals surface area contributed by atoms with Crippen LogP contribution in [-0.2, 0) is 6.54 Å². The highest BCUT2D eigenvalue weighted by Gasteiger charge is 2.13. The largest absolute Gasteiger partial charge is 0.347 e. The lowest BCUT2D eigenvalue weighted by atomic mass is 10.2. The number of aromatic nitrogens is 1. The Morgan fingerprint density at radius 2 is 2.17 bits per heavy atom. The Kier molecular flexibility index (Phi) is 3.84. The molecule has 0 radical (unpaired) electrons. The van der Waals surface area contributed by atoms with Gasteiger partial charge in [0.2, 0.25) is 0 Å². The number of carbonyl (C=O) groups is 1. The van der Waals surface area contributed by atoms with E-state index in [2.05, 4.69) is 10.3 Å². The molecule has 2 aromatic rings. The van der Waals surface area contributed by atoms with Crippen molar-refractivity contribution in [2.24, 2.45) is 0 Å². The van der Waals surface area contributed by atoms with Gasteiger partial charge in [0, 0.05) is 17.3 Å². The monoisotopic (exact) mass is 282 g/mol. The lowest BCUT2D eigenvalue weighted by Gasteiger charge is -2.05. The quantitative estimate of drug-likeness (QED) is 0.908. The van der Waals surface area contributed by atoms with Crippen molar-refractivity contribution < 1.29 is 4.79 Å². The molecule has 4 nitrogen and oxygen atoms in total. The van der Waals surface area contributed by atoms with Crippen molar-refractivity contribution in [1.29, 1.82) is 0 Å². The summed E-state index contributed by atoms with van der Waals surface area (Å²) < 4.78 is 0. The van der Waals surface area contributed by atoms with Crippen LogP contribution in [0, 0.1) is 6.92 Å². The summed E-state index contributed by atoms with van der Waals surface area (Å²) in [5.74, 6) is -0.268. The van der Waals surface area contributed by atoms with E-state index in [0.717, 1.165) is 16.9 Å². The lowest BCUT2D eigenvalue weighted by Crippen LogP contribution is -2.22. The number of H-pyrrole nitrogens is 1. The van der Waals surface area contributed by atoms with Crippen molar-refractivity contribution >= 4 is 28.8 Å². The first-order valence-corrected chi connectivity index (χ1v) is 6.48. The molecular weight excluding hydrogens is 272 g/mol. The van der Waals surface area contributed by atoms with Gasteiger partial charge in [-0.15, -0.1) is 0 Å². The summed E-state index contributed by atoms with van der Waals surface area (Å²) in [6, 6.07) is 7.29. The number of thiazole rings is 1. The molecule has 0 aliphatic rings. The van der Waals surface area contributed by atoms with Crippen LogP contribution in [0.3, 0.4) is 0 Å². The summed E-state index contributed by atoms with van der Waals surface area (Å²) in [5.41, 5.74) is 1.43. The van der Waals surface area contributed by atoms with Crippen LogP contribution >= 0.6 is 22.9 Å². The number of aromatic amines is 1. The highest BCUT2D eigenvalue weighted by atomic mass is 35.5. The van der Waals surface area contributed by atoms with Gasteiger partial charge in [-0.1, -0.05) is 41.1 Å². The van der Waals surface area contributed by atoms with Crippen molar-refractivity contribution in [3.8, 4) is 0 Å². The molecule has 0 aliphatic heterocycles. The Labute approximate surface area is 113 Å². The number of carbonyl (C=O) groups excluding carboxylic acids is 1. The molecule has 0 unspecified atom stereocenters. The first kappa shape index (κ1) is 12.9. The smallest absolute Gasteiger partial charge is 0.305 e. The van der Waals surface area contributed by atoms with Crippen LogP contribution in [0.25, 0.3) is 0 Å². The van der Waals surface area contributed by atoms with Crippen LogP contribution in [0.1, 0.15) is 20.9 Å². The van der Waals surface area contributed by atoms with Gasteiger partial charge in [0.05, 0.1) is 0 Å². The molecule has 1 aromatic heterocycles. The molecular formula is C12H11ClN2O2S. The van der Waals surface area contributed by atoms with Gasteiger partial charge in [-0.25, -0.2) is 0 Å². The first-order chi connectivity index (χ1) is 8.58. The highest BCUT2D eigenvalue weighted by molar-refractivity contribution is 7.11. The molecule has 0 spiro atoms. The fourth-order valence-corrected chi connectivity index (χ4v) is 2.48. The summed E-state index contributed by atoms with van der Waals surface area (Å²) in [7, 11) is 0. The van der Waals surface area contributed by atoms with Crippen LogP contribution in [0.5, 0.6) is 0 Å². The van der Waals surface area contributed by atoms with E-state index in [0.29, 0.717) is 22.1 Å². The maximum Gasteiger partial charge on any atom is 0.305 e. The minimum atomic E-state index is -0.268. The second-order valence-corrected chi connectivity index (χ2v) is 5.13. The van der Waals surface area contributed by atoms with Crippen LogP contribution in [0.15, 0.2) is 29.1 Å². The molecule has 1 aromatic carbocycles. The van der Waals surface area contributed by atoms with Crippen molar-refractivity contribution in [3.63, 3.8) is 0 Å². The number of hydrogen-bond acceptors (Lipinski definition) is 3. The second-order valence-electron chi connectivity index (χ2n) is 3.74. The average Bonchev–Trinajstić information content (AvgIpc) is 2.67. The zero-order valence-electron chi connectivity index (χ0n) is 9.62. The molecule has 2 N–H and O–H groups in total. The maximum absolute atomic E-state index is 11.9. The van der Waals surface area contributed by atoms with E-state index in [4.69, 9.17) is 11.6 Å². The van der Waals surface area contributed by atoms with Crippen molar-refractivity contribution in [1.82, 2.24) is 10.3 Å². The van der Waals surface area contributed by atoms with E-state index in [1.165, 1.54) is 0 Å². The summed E-state index contributed by atoms with van der Waals surface area (Å²) >= 11 is 6.89. The van der Waals surface area contributed by atoms with Gasteiger partial charge in [0.25, 0.3) is 5.91 Å². The Bertz CT molecular complexity index is 633. The Morgan fingerprint density at radius 1 is 1.44 bits per heavy atom. The molecule has 0 saturated carbocycles. The third-order valence-electron chi connectivity index (χ3n) is 2.43. The fraction of sp³-hybridized carbons (Fsp3) is 0.167. The van der Waals surface area contributed by atoms with E-state index in [1.807, 2.05) is 18.2 Å². The van der Waals surface area contributed by atoms with E-state index in [-0.39, 0.29) is 10.8 Å². The predicted molar refractivity (Wildman–Crippen MR) is 72.3 cm³/mol. The molecule has 0 saturated heterocycles. The van der Waals surface area contributed by atoms with Gasteiger partial charge in [0.1, 0.15) is 4.88 Å². The Balaban J connectivity index is 2.07. The summed E-state index contributed by atoms with van der Waals surface area (Å²) in [6.07, 6.45) is 0. The van der Waals surface area contributed by atoms with Gasteiger partial charge in [-0.2, -0.15) is 0 Å². The van der Waals surface area contributed by atoms with Gasteiger partial charge in [0.15, 0.2) is 0 Å². The topological polar surface area (TPSA) is 62.0 Å². The lowest BCUT2D eigenvalue weighted by molar-refractivity contribution is 0.0954. The highest BCUT2D eigenvalue weighted by Crippen LogP contribution is 2.15. The van der Waals surface area contributed by atoms with Crippen molar-refractivity contribution in [3.05, 3.63) is 55.1 Å².